The van der Waals surface area contributed by atoms with Gasteiger partial charge in [-0.3, -0.25) is 4.79 Å². The SMILES string of the molecule is COCCOCC[N+]1=C(C)C(C)(CCCCCC(=O)O)c2ccccc21.[Br-]. The molecule has 27 heavy (non-hydrogen) atoms. The van der Waals surface area contributed by atoms with Crippen LogP contribution in [0.2, 0.25) is 0 Å². The highest BCUT2D eigenvalue weighted by molar-refractivity contribution is 5.93. The maximum atomic E-state index is 10.7. The number of carboxylic acids is 1. The summed E-state index contributed by atoms with van der Waals surface area (Å²) in [7, 11) is 1.68. The van der Waals surface area contributed by atoms with Crippen LogP contribution in [0.15, 0.2) is 24.3 Å². The first-order valence-corrected chi connectivity index (χ1v) is 9.50. The third kappa shape index (κ3) is 6.13. The molecule has 2 rings (SSSR count). The fourth-order valence-electron chi connectivity index (χ4n) is 3.78. The number of hydrogen-bond acceptors (Lipinski definition) is 3. The number of methoxy groups -OCH3 is 1. The van der Waals surface area contributed by atoms with Gasteiger partial charge >= 0.3 is 5.97 Å². The highest BCUT2D eigenvalue weighted by Crippen LogP contribution is 2.42. The predicted octanol–water partition coefficient (Wildman–Crippen LogP) is 0.765. The summed E-state index contributed by atoms with van der Waals surface area (Å²) >= 11 is 0. The number of ether oxygens (including phenoxy) is 2. The molecule has 0 saturated carbocycles. The molecule has 1 unspecified atom stereocenters. The molecule has 1 aliphatic rings. The quantitative estimate of drug-likeness (QED) is 0.384. The molecule has 0 aromatic heterocycles. The van der Waals surface area contributed by atoms with Gasteiger partial charge in [0.2, 0.25) is 5.69 Å². The van der Waals surface area contributed by atoms with Crippen LogP contribution >= 0.6 is 0 Å². The van der Waals surface area contributed by atoms with Crippen molar-refractivity contribution in [3.05, 3.63) is 29.8 Å². The number of aliphatic carboxylic acids is 1. The number of halogens is 1. The van der Waals surface area contributed by atoms with Crippen molar-refractivity contribution in [1.29, 1.82) is 0 Å². The number of rotatable bonds is 12. The first-order chi connectivity index (χ1) is 12.5. The van der Waals surface area contributed by atoms with Crippen molar-refractivity contribution in [2.45, 2.75) is 51.4 Å². The third-order valence-electron chi connectivity index (χ3n) is 5.45. The summed E-state index contributed by atoms with van der Waals surface area (Å²) in [6.07, 6.45) is 4.05. The lowest BCUT2D eigenvalue weighted by Crippen LogP contribution is -3.00. The molecule has 0 saturated heterocycles. The van der Waals surface area contributed by atoms with Crippen LogP contribution in [0.5, 0.6) is 0 Å². The molecular formula is C21H32BrNO4. The van der Waals surface area contributed by atoms with E-state index in [-0.39, 0.29) is 28.8 Å². The van der Waals surface area contributed by atoms with E-state index in [0.717, 1.165) is 32.2 Å². The molecule has 0 fully saturated rings. The largest absolute Gasteiger partial charge is 1.00 e. The lowest BCUT2D eigenvalue weighted by atomic mass is 9.76. The average Bonchev–Trinajstić information content (AvgIpc) is 2.83. The molecule has 0 amide bonds. The molecule has 1 N–H and O–H groups in total. The van der Waals surface area contributed by atoms with Gasteiger partial charge in [0.1, 0.15) is 6.61 Å². The topological polar surface area (TPSA) is 58.8 Å². The van der Waals surface area contributed by atoms with Gasteiger partial charge in [0, 0.05) is 32.1 Å². The van der Waals surface area contributed by atoms with E-state index in [1.54, 1.807) is 7.11 Å². The Morgan fingerprint density at radius 2 is 1.89 bits per heavy atom. The van der Waals surface area contributed by atoms with Gasteiger partial charge in [-0.25, -0.2) is 0 Å². The molecule has 0 spiro atoms. The second kappa shape index (κ2) is 11.6. The van der Waals surface area contributed by atoms with Crippen molar-refractivity contribution in [2.24, 2.45) is 0 Å². The number of para-hydroxylation sites is 1. The summed E-state index contributed by atoms with van der Waals surface area (Å²) in [6.45, 7) is 7.26. The van der Waals surface area contributed by atoms with E-state index < -0.39 is 5.97 Å². The van der Waals surface area contributed by atoms with Gasteiger partial charge in [-0.1, -0.05) is 31.0 Å². The molecule has 1 aliphatic heterocycles. The summed E-state index contributed by atoms with van der Waals surface area (Å²) in [5.41, 5.74) is 4.00. The van der Waals surface area contributed by atoms with E-state index in [0.29, 0.717) is 19.8 Å². The zero-order valence-corrected chi connectivity index (χ0v) is 18.3. The monoisotopic (exact) mass is 441 g/mol. The molecule has 0 radical (unpaired) electrons. The number of fused-ring (bicyclic) bond motifs is 1. The Morgan fingerprint density at radius 3 is 2.59 bits per heavy atom. The average molecular weight is 442 g/mol. The maximum absolute atomic E-state index is 10.7. The number of carbonyl (C=O) groups is 1. The smallest absolute Gasteiger partial charge is 0.303 e. The minimum absolute atomic E-state index is 0. The highest BCUT2D eigenvalue weighted by Gasteiger charge is 2.45. The molecule has 1 heterocycles. The predicted molar refractivity (Wildman–Crippen MR) is 103 cm³/mol. The fraction of sp³-hybridized carbons (Fsp3) is 0.619. The minimum Gasteiger partial charge on any atom is -1.00 e. The summed E-state index contributed by atoms with van der Waals surface area (Å²) in [4.78, 5) is 10.7. The lowest BCUT2D eigenvalue weighted by Gasteiger charge is -2.22. The lowest BCUT2D eigenvalue weighted by molar-refractivity contribution is -0.443. The standard InChI is InChI=1S/C21H31NO4.BrH/c1-17-21(2,12-8-4-5-11-20(23)24)18-9-6-7-10-19(18)22(17)13-14-26-16-15-25-3;/h6-7,9-10H,4-5,8,11-16H2,1-3H3;1H. The zero-order chi connectivity index (χ0) is 19.0. The molecule has 1 atom stereocenters. The molecule has 5 nitrogen and oxygen atoms in total. The van der Waals surface area contributed by atoms with Crippen LogP contribution in [-0.4, -0.2) is 54.8 Å². The van der Waals surface area contributed by atoms with E-state index >= 15 is 0 Å². The Labute approximate surface area is 173 Å². The van der Waals surface area contributed by atoms with Crippen LogP contribution in [0, 0.1) is 0 Å². The molecule has 0 bridgehead atoms. The van der Waals surface area contributed by atoms with Crippen molar-refractivity contribution in [3.8, 4) is 0 Å². The number of hydrogen-bond donors (Lipinski definition) is 1. The normalized spacial score (nSPS) is 18.3. The van der Waals surface area contributed by atoms with Crippen LogP contribution in [-0.2, 0) is 19.7 Å². The van der Waals surface area contributed by atoms with Gasteiger partial charge in [0.15, 0.2) is 12.3 Å². The fourth-order valence-corrected chi connectivity index (χ4v) is 3.78. The second-order valence-corrected chi connectivity index (χ2v) is 7.15. The van der Waals surface area contributed by atoms with E-state index in [1.165, 1.54) is 17.0 Å². The highest BCUT2D eigenvalue weighted by atomic mass is 79.9. The number of unbranched alkanes of at least 4 members (excludes halogenated alkanes) is 2. The summed E-state index contributed by atoms with van der Waals surface area (Å²) in [6, 6.07) is 8.60. The number of benzene rings is 1. The molecule has 1 aromatic carbocycles. The van der Waals surface area contributed by atoms with E-state index in [1.807, 2.05) is 0 Å². The molecular weight excluding hydrogens is 410 g/mol. The van der Waals surface area contributed by atoms with Gasteiger partial charge in [-0.15, -0.1) is 0 Å². The van der Waals surface area contributed by atoms with Crippen LogP contribution in [0.4, 0.5) is 5.69 Å². The maximum Gasteiger partial charge on any atom is 0.303 e. The summed E-state index contributed by atoms with van der Waals surface area (Å²) in [5, 5.41) is 8.79. The summed E-state index contributed by atoms with van der Waals surface area (Å²) in [5.74, 6) is -0.704. The second-order valence-electron chi connectivity index (χ2n) is 7.15. The molecule has 0 aliphatic carbocycles. The number of nitrogens with zero attached hydrogens (tertiary/aromatic N) is 1. The molecule has 152 valence electrons. The Balaban J connectivity index is 0.00000364. The van der Waals surface area contributed by atoms with Crippen LogP contribution in [0.3, 0.4) is 0 Å². The van der Waals surface area contributed by atoms with Crippen molar-refractivity contribution in [2.75, 3.05) is 33.5 Å². The first kappa shape index (κ1) is 23.8. The Kier molecular flexibility index (Phi) is 10.2. The first-order valence-electron chi connectivity index (χ1n) is 9.50. The van der Waals surface area contributed by atoms with Crippen LogP contribution < -0.4 is 17.0 Å². The Hall–Kier alpha value is -1.24. The summed E-state index contributed by atoms with van der Waals surface area (Å²) < 4.78 is 13.1. The van der Waals surface area contributed by atoms with E-state index in [4.69, 9.17) is 14.6 Å². The van der Waals surface area contributed by atoms with Crippen LogP contribution in [0.25, 0.3) is 0 Å². The van der Waals surface area contributed by atoms with E-state index in [9.17, 15) is 4.79 Å². The van der Waals surface area contributed by atoms with Crippen molar-refractivity contribution in [3.63, 3.8) is 0 Å². The van der Waals surface area contributed by atoms with Crippen molar-refractivity contribution < 1.29 is 40.9 Å². The van der Waals surface area contributed by atoms with Crippen molar-refractivity contribution in [1.82, 2.24) is 0 Å². The van der Waals surface area contributed by atoms with E-state index in [2.05, 4.69) is 42.7 Å². The third-order valence-corrected chi connectivity index (χ3v) is 5.45. The van der Waals surface area contributed by atoms with Gasteiger partial charge in [-0.2, -0.15) is 4.58 Å². The molecule has 6 heteroatoms. The van der Waals surface area contributed by atoms with Gasteiger partial charge in [0.05, 0.1) is 18.6 Å². The van der Waals surface area contributed by atoms with Gasteiger partial charge in [-0.05, 0) is 19.8 Å². The van der Waals surface area contributed by atoms with Gasteiger partial charge in [0.25, 0.3) is 0 Å². The number of carboxylic acid groups (broad SMARTS) is 1. The van der Waals surface area contributed by atoms with Crippen molar-refractivity contribution >= 4 is 17.4 Å². The zero-order valence-electron chi connectivity index (χ0n) is 16.7. The minimum atomic E-state index is -0.704. The Bertz CT molecular complexity index is 647. The van der Waals surface area contributed by atoms with Gasteiger partial charge < -0.3 is 31.6 Å². The van der Waals surface area contributed by atoms with Crippen LogP contribution in [0.1, 0.15) is 51.5 Å². The molecule has 1 aromatic rings. The Morgan fingerprint density at radius 1 is 1.15 bits per heavy atom.